The molecule has 2 N–H and O–H groups in total. The van der Waals surface area contributed by atoms with Crippen molar-refractivity contribution in [2.75, 3.05) is 5.32 Å². The lowest BCUT2D eigenvalue weighted by Crippen LogP contribution is -2.36. The van der Waals surface area contributed by atoms with Gasteiger partial charge < -0.3 is 10.1 Å². The summed E-state index contributed by atoms with van der Waals surface area (Å²) in [4.78, 5) is 23.1. The molecule has 0 aliphatic rings. The number of rotatable bonds is 6. The summed E-state index contributed by atoms with van der Waals surface area (Å²) in [6.45, 7) is 5.14. The van der Waals surface area contributed by atoms with Crippen molar-refractivity contribution in [3.8, 4) is 0 Å². The highest BCUT2D eigenvalue weighted by Crippen LogP contribution is 2.30. The minimum absolute atomic E-state index is 0.00921. The standard InChI is InChI=1S/C16H21F3N2O3/c1-4-12(9-14(22)21-15(23)24-10(2)3)20-13-7-5-11(6-8-13)16(17,18)19/h5-8,10,12,20H,4,9H2,1-3H3,(H,21,22,23)/t12-/m0/s1. The van der Waals surface area contributed by atoms with Gasteiger partial charge in [0.1, 0.15) is 0 Å². The number of alkyl carbamates (subject to hydrolysis) is 1. The summed E-state index contributed by atoms with van der Waals surface area (Å²) in [6, 6.07) is 4.21. The summed E-state index contributed by atoms with van der Waals surface area (Å²) in [5.74, 6) is -0.521. The van der Waals surface area contributed by atoms with E-state index in [1.165, 1.54) is 12.1 Å². The Morgan fingerprint density at radius 3 is 2.21 bits per heavy atom. The fourth-order valence-electron chi connectivity index (χ4n) is 1.92. The van der Waals surface area contributed by atoms with Crippen LogP contribution in [0.4, 0.5) is 23.7 Å². The van der Waals surface area contributed by atoms with E-state index in [1.807, 2.05) is 6.92 Å². The summed E-state index contributed by atoms with van der Waals surface area (Å²) >= 11 is 0. The summed E-state index contributed by atoms with van der Waals surface area (Å²) in [5, 5.41) is 5.07. The van der Waals surface area contributed by atoms with Crippen LogP contribution in [0.25, 0.3) is 0 Å². The minimum atomic E-state index is -4.39. The Kier molecular flexibility index (Phi) is 7.06. The van der Waals surface area contributed by atoms with E-state index in [-0.39, 0.29) is 18.6 Å². The van der Waals surface area contributed by atoms with Gasteiger partial charge in [-0.15, -0.1) is 0 Å². The van der Waals surface area contributed by atoms with Crippen LogP contribution in [-0.4, -0.2) is 24.1 Å². The van der Waals surface area contributed by atoms with Crippen molar-refractivity contribution in [2.45, 2.75) is 51.9 Å². The summed E-state index contributed by atoms with van der Waals surface area (Å²) < 4.78 is 42.3. The second-order valence-corrected chi connectivity index (χ2v) is 5.53. The van der Waals surface area contributed by atoms with Gasteiger partial charge in [-0.2, -0.15) is 13.2 Å². The van der Waals surface area contributed by atoms with Crippen LogP contribution in [0.5, 0.6) is 0 Å². The predicted molar refractivity (Wildman–Crippen MR) is 83.5 cm³/mol. The molecule has 1 aromatic rings. The number of nitrogens with one attached hydrogen (secondary N) is 2. The minimum Gasteiger partial charge on any atom is -0.447 e. The van der Waals surface area contributed by atoms with E-state index < -0.39 is 23.7 Å². The third kappa shape index (κ3) is 6.89. The second kappa shape index (κ2) is 8.56. The second-order valence-electron chi connectivity index (χ2n) is 5.53. The number of hydrogen-bond donors (Lipinski definition) is 2. The first-order valence-corrected chi connectivity index (χ1v) is 7.56. The Hall–Kier alpha value is -2.25. The molecule has 0 spiro atoms. The molecular weight excluding hydrogens is 325 g/mol. The number of hydrogen-bond acceptors (Lipinski definition) is 4. The van der Waals surface area contributed by atoms with Crippen molar-refractivity contribution < 1.29 is 27.5 Å². The maximum absolute atomic E-state index is 12.5. The molecular formula is C16H21F3N2O3. The Morgan fingerprint density at radius 2 is 1.75 bits per heavy atom. The number of carbonyl (C=O) groups is 2. The normalized spacial score (nSPS) is 12.6. The van der Waals surface area contributed by atoms with Gasteiger partial charge in [0.05, 0.1) is 11.7 Å². The van der Waals surface area contributed by atoms with E-state index in [0.29, 0.717) is 12.1 Å². The van der Waals surface area contributed by atoms with Crippen molar-refractivity contribution in [1.29, 1.82) is 0 Å². The molecule has 0 bridgehead atoms. The van der Waals surface area contributed by atoms with Crippen molar-refractivity contribution >= 4 is 17.7 Å². The van der Waals surface area contributed by atoms with Crippen molar-refractivity contribution in [2.24, 2.45) is 0 Å². The topological polar surface area (TPSA) is 67.4 Å². The zero-order valence-electron chi connectivity index (χ0n) is 13.7. The molecule has 8 heteroatoms. The van der Waals surface area contributed by atoms with Gasteiger partial charge in [0.15, 0.2) is 0 Å². The molecule has 1 aromatic carbocycles. The van der Waals surface area contributed by atoms with Crippen molar-refractivity contribution in [1.82, 2.24) is 5.32 Å². The van der Waals surface area contributed by atoms with Crippen LogP contribution < -0.4 is 10.6 Å². The molecule has 24 heavy (non-hydrogen) atoms. The zero-order valence-corrected chi connectivity index (χ0v) is 13.7. The van der Waals surface area contributed by atoms with Crippen LogP contribution in [0.2, 0.25) is 0 Å². The number of anilines is 1. The van der Waals surface area contributed by atoms with E-state index >= 15 is 0 Å². The highest BCUT2D eigenvalue weighted by Gasteiger charge is 2.30. The molecule has 0 aliphatic carbocycles. The molecule has 0 aliphatic heterocycles. The van der Waals surface area contributed by atoms with E-state index in [4.69, 9.17) is 4.74 Å². The third-order valence-corrected chi connectivity index (χ3v) is 3.09. The van der Waals surface area contributed by atoms with Crippen LogP contribution in [0.1, 0.15) is 39.2 Å². The lowest BCUT2D eigenvalue weighted by atomic mass is 10.1. The average molecular weight is 346 g/mol. The van der Waals surface area contributed by atoms with Crippen molar-refractivity contribution in [3.63, 3.8) is 0 Å². The Balaban J connectivity index is 2.58. The quantitative estimate of drug-likeness (QED) is 0.818. The molecule has 134 valence electrons. The first-order valence-electron chi connectivity index (χ1n) is 7.56. The maximum Gasteiger partial charge on any atom is 0.416 e. The molecule has 0 fully saturated rings. The van der Waals surface area contributed by atoms with Crippen LogP contribution >= 0.6 is 0 Å². The van der Waals surface area contributed by atoms with Crippen molar-refractivity contribution in [3.05, 3.63) is 29.8 Å². The van der Waals surface area contributed by atoms with Gasteiger partial charge in [-0.1, -0.05) is 6.92 Å². The van der Waals surface area contributed by atoms with E-state index in [0.717, 1.165) is 12.1 Å². The SMILES string of the molecule is CC[C@@H](CC(=O)NC(=O)OC(C)C)Nc1ccc(C(F)(F)F)cc1. The van der Waals surface area contributed by atoms with Gasteiger partial charge in [0, 0.05) is 18.2 Å². The molecule has 1 rings (SSSR count). The van der Waals surface area contributed by atoms with Gasteiger partial charge in [-0.05, 0) is 44.5 Å². The highest BCUT2D eigenvalue weighted by atomic mass is 19.4. The first-order chi connectivity index (χ1) is 11.1. The summed E-state index contributed by atoms with van der Waals surface area (Å²) in [6.07, 6.45) is -5.01. The predicted octanol–water partition coefficient (Wildman–Crippen LogP) is 3.95. The molecule has 0 saturated heterocycles. The number of imide groups is 1. The molecule has 0 radical (unpaired) electrons. The Morgan fingerprint density at radius 1 is 1.17 bits per heavy atom. The van der Waals surface area contributed by atoms with Gasteiger partial charge in [0.25, 0.3) is 0 Å². The van der Waals surface area contributed by atoms with Crippen LogP contribution in [0.3, 0.4) is 0 Å². The molecule has 5 nitrogen and oxygen atoms in total. The zero-order chi connectivity index (χ0) is 18.3. The summed E-state index contributed by atoms with van der Waals surface area (Å²) in [7, 11) is 0. The van der Waals surface area contributed by atoms with Gasteiger partial charge in [-0.3, -0.25) is 10.1 Å². The highest BCUT2D eigenvalue weighted by molar-refractivity contribution is 5.92. The molecule has 0 saturated carbocycles. The van der Waals surface area contributed by atoms with E-state index in [1.54, 1.807) is 13.8 Å². The molecule has 0 unspecified atom stereocenters. The van der Waals surface area contributed by atoms with Gasteiger partial charge in [-0.25, -0.2) is 4.79 Å². The molecule has 2 amide bonds. The third-order valence-electron chi connectivity index (χ3n) is 3.09. The largest absolute Gasteiger partial charge is 0.447 e. The fourth-order valence-corrected chi connectivity index (χ4v) is 1.92. The maximum atomic E-state index is 12.5. The average Bonchev–Trinajstić information content (AvgIpc) is 2.45. The van der Waals surface area contributed by atoms with E-state index in [2.05, 4.69) is 10.6 Å². The fraction of sp³-hybridized carbons (Fsp3) is 0.500. The Labute approximate surface area is 138 Å². The lowest BCUT2D eigenvalue weighted by Gasteiger charge is -2.18. The van der Waals surface area contributed by atoms with E-state index in [9.17, 15) is 22.8 Å². The van der Waals surface area contributed by atoms with Crippen LogP contribution in [-0.2, 0) is 15.7 Å². The molecule has 0 aromatic heterocycles. The number of alkyl halides is 3. The van der Waals surface area contributed by atoms with Gasteiger partial charge in [0.2, 0.25) is 5.91 Å². The molecule has 0 heterocycles. The lowest BCUT2D eigenvalue weighted by molar-refractivity contribution is -0.137. The number of amides is 2. The monoisotopic (exact) mass is 346 g/mol. The van der Waals surface area contributed by atoms with Crippen LogP contribution in [0, 0.1) is 0 Å². The number of halogens is 3. The number of carbonyl (C=O) groups excluding carboxylic acids is 2. The smallest absolute Gasteiger partial charge is 0.416 e. The number of ether oxygens (including phenoxy) is 1. The first kappa shape index (κ1) is 19.8. The number of benzene rings is 1. The Bertz CT molecular complexity index is 557. The molecule has 1 atom stereocenters. The van der Waals surface area contributed by atoms with Gasteiger partial charge >= 0.3 is 12.3 Å². The van der Waals surface area contributed by atoms with Crippen LogP contribution in [0.15, 0.2) is 24.3 Å². The summed E-state index contributed by atoms with van der Waals surface area (Å²) in [5.41, 5.74) is -0.275.